The maximum Gasteiger partial charge on any atom is 0.338 e. The number of nitrogens with one attached hydrogen (secondary N) is 1. The molecule has 10 nitrogen and oxygen atoms in total. The minimum Gasteiger partial charge on any atom is -0.458 e. The topological polar surface area (TPSA) is 117 Å². The molecule has 1 aliphatic heterocycles. The number of imidazole rings is 1. The van der Waals surface area contributed by atoms with Crippen LogP contribution in [0.5, 0.6) is 0 Å². The zero-order chi connectivity index (χ0) is 29.4. The molecular weight excluding hydrogens is 541 g/mol. The lowest BCUT2D eigenvalue weighted by Crippen LogP contribution is -2.45. The average Bonchev–Trinajstić information content (AvgIpc) is 3.58. The van der Waals surface area contributed by atoms with Crippen LogP contribution in [0.4, 0.5) is 10.2 Å². The second kappa shape index (κ2) is 10.9. The van der Waals surface area contributed by atoms with Crippen molar-refractivity contribution in [2.45, 2.75) is 57.1 Å². The molecule has 0 spiro atoms. The zero-order valence-corrected chi connectivity index (χ0v) is 23.0. The van der Waals surface area contributed by atoms with Gasteiger partial charge in [-0.05, 0) is 51.0 Å². The Kier molecular flexibility index (Phi) is 7.08. The van der Waals surface area contributed by atoms with E-state index in [0.717, 1.165) is 24.0 Å². The number of esters is 2. The van der Waals surface area contributed by atoms with Crippen molar-refractivity contribution in [1.29, 1.82) is 0 Å². The molecule has 0 amide bonds. The Bertz CT molecular complexity index is 1690. The maximum atomic E-state index is 14.5. The summed E-state index contributed by atoms with van der Waals surface area (Å²) >= 11 is 0. The highest BCUT2D eigenvalue weighted by molar-refractivity contribution is 5.90. The van der Waals surface area contributed by atoms with Crippen molar-refractivity contribution >= 4 is 28.9 Å². The largest absolute Gasteiger partial charge is 0.458 e. The number of nitrogens with zero attached hydrogens (tertiary/aromatic N) is 4. The number of fused-ring (bicyclic) bond motifs is 1. The molecule has 3 heterocycles. The van der Waals surface area contributed by atoms with E-state index >= 15 is 0 Å². The molecule has 0 unspecified atom stereocenters. The summed E-state index contributed by atoms with van der Waals surface area (Å²) in [4.78, 5) is 38.3. The van der Waals surface area contributed by atoms with Crippen LogP contribution in [0, 0.1) is 32.3 Å². The molecular formula is C31H28FN5O5. The fraction of sp³-hybridized carbons (Fsp3) is 0.323. The molecule has 11 heteroatoms. The van der Waals surface area contributed by atoms with Crippen LogP contribution in [0.3, 0.4) is 0 Å². The number of anilines is 1. The van der Waals surface area contributed by atoms with E-state index in [1.807, 2.05) is 13.8 Å². The second-order valence-electron chi connectivity index (χ2n) is 10.6. The highest BCUT2D eigenvalue weighted by Crippen LogP contribution is 2.41. The minimum absolute atomic E-state index is 0.0619. The lowest BCUT2D eigenvalue weighted by atomic mass is 9.98. The highest BCUT2D eigenvalue weighted by Gasteiger charge is 2.52. The molecule has 2 fully saturated rings. The molecule has 2 aromatic carbocycles. The van der Waals surface area contributed by atoms with Gasteiger partial charge in [0.25, 0.3) is 0 Å². The lowest BCUT2D eigenvalue weighted by Gasteiger charge is -2.28. The van der Waals surface area contributed by atoms with Crippen LogP contribution >= 0.6 is 0 Å². The van der Waals surface area contributed by atoms with Crippen molar-refractivity contribution < 1.29 is 28.2 Å². The Balaban J connectivity index is 1.31. The first-order valence-electron chi connectivity index (χ1n) is 13.6. The fourth-order valence-electron chi connectivity index (χ4n) is 4.80. The van der Waals surface area contributed by atoms with Crippen LogP contribution in [0.15, 0.2) is 54.9 Å². The van der Waals surface area contributed by atoms with Gasteiger partial charge in [-0.2, -0.15) is 14.4 Å². The summed E-state index contributed by atoms with van der Waals surface area (Å²) in [5.41, 5.74) is 1.52. The van der Waals surface area contributed by atoms with Crippen molar-refractivity contribution in [3.8, 4) is 12.3 Å². The summed E-state index contributed by atoms with van der Waals surface area (Å²) < 4.78 is 33.8. The van der Waals surface area contributed by atoms with Gasteiger partial charge in [0, 0.05) is 12.5 Å². The molecule has 2 aliphatic rings. The number of benzene rings is 2. The summed E-state index contributed by atoms with van der Waals surface area (Å²) in [6.45, 7) is 3.41. The van der Waals surface area contributed by atoms with Gasteiger partial charge in [-0.25, -0.2) is 14.6 Å². The number of ether oxygens (including phenoxy) is 3. The van der Waals surface area contributed by atoms with Crippen molar-refractivity contribution in [2.75, 3.05) is 11.9 Å². The first-order chi connectivity index (χ1) is 20.2. The van der Waals surface area contributed by atoms with E-state index in [4.69, 9.17) is 20.6 Å². The summed E-state index contributed by atoms with van der Waals surface area (Å²) in [5.74, 6) is 1.63. The van der Waals surface area contributed by atoms with E-state index in [9.17, 15) is 14.0 Å². The number of carbonyl (C=O) groups excluding carboxylic acids is 2. The first kappa shape index (κ1) is 27.4. The van der Waals surface area contributed by atoms with E-state index in [1.165, 1.54) is 10.9 Å². The molecule has 4 aromatic rings. The second-order valence-corrected chi connectivity index (χ2v) is 10.6. The van der Waals surface area contributed by atoms with Crippen molar-refractivity contribution in [1.82, 2.24) is 19.5 Å². The summed E-state index contributed by atoms with van der Waals surface area (Å²) in [6, 6.07) is 14.0. The number of hydrogen-bond acceptors (Lipinski definition) is 9. The number of aromatic nitrogens is 4. The standard InChI is InChI=1S/C31H28FN5O5/c1-4-31(16-40-28(38)20-9-5-18(2)6-10-20)23(41-29(39)21-11-7-19(3)8-12-21)15-24(42-31)37-17-33-25-26(34-22-13-14-22)35-30(32)36-27(25)37/h1,5-12,17,22-24H,13-16H2,2-3H3,(H,34,35,36)/t23-,24+,31+/m0/s1. The van der Waals surface area contributed by atoms with Gasteiger partial charge in [0.15, 0.2) is 23.1 Å². The quantitative estimate of drug-likeness (QED) is 0.186. The molecule has 214 valence electrons. The predicted octanol–water partition coefficient (Wildman–Crippen LogP) is 4.53. The smallest absolute Gasteiger partial charge is 0.338 e. The summed E-state index contributed by atoms with van der Waals surface area (Å²) in [7, 11) is 0. The summed E-state index contributed by atoms with van der Waals surface area (Å²) in [5, 5.41) is 3.17. The molecule has 0 bridgehead atoms. The van der Waals surface area contributed by atoms with Crippen molar-refractivity contribution in [3.05, 3.63) is 83.2 Å². The van der Waals surface area contributed by atoms with Gasteiger partial charge in [-0.3, -0.25) is 4.57 Å². The van der Waals surface area contributed by atoms with E-state index in [1.54, 1.807) is 48.5 Å². The first-order valence-corrected chi connectivity index (χ1v) is 13.6. The van der Waals surface area contributed by atoms with Crippen LogP contribution in [0.25, 0.3) is 11.2 Å². The normalized spacial score (nSPS) is 21.6. The number of rotatable bonds is 8. The fourth-order valence-corrected chi connectivity index (χ4v) is 4.80. The van der Waals surface area contributed by atoms with Crippen LogP contribution in [0.2, 0.25) is 0 Å². The van der Waals surface area contributed by atoms with Crippen LogP contribution in [0.1, 0.15) is 57.3 Å². The Hall–Kier alpha value is -4.82. The van der Waals surface area contributed by atoms with Gasteiger partial charge < -0.3 is 19.5 Å². The lowest BCUT2D eigenvalue weighted by molar-refractivity contribution is -0.0967. The van der Waals surface area contributed by atoms with E-state index < -0.39 is 42.6 Å². The van der Waals surface area contributed by atoms with E-state index in [2.05, 4.69) is 26.2 Å². The van der Waals surface area contributed by atoms with E-state index in [0.29, 0.717) is 16.6 Å². The van der Waals surface area contributed by atoms with Crippen LogP contribution in [-0.2, 0) is 14.2 Å². The van der Waals surface area contributed by atoms with Crippen molar-refractivity contribution in [2.24, 2.45) is 0 Å². The van der Waals surface area contributed by atoms with Gasteiger partial charge in [-0.15, -0.1) is 6.42 Å². The Morgan fingerprint density at radius 3 is 2.33 bits per heavy atom. The zero-order valence-electron chi connectivity index (χ0n) is 23.0. The molecule has 3 atom stereocenters. The highest BCUT2D eigenvalue weighted by atomic mass is 19.1. The molecule has 1 saturated carbocycles. The Morgan fingerprint density at radius 2 is 1.71 bits per heavy atom. The monoisotopic (exact) mass is 569 g/mol. The number of terminal acetylenes is 1. The van der Waals surface area contributed by atoms with Gasteiger partial charge in [-0.1, -0.05) is 41.3 Å². The third kappa shape index (κ3) is 5.41. The van der Waals surface area contributed by atoms with Gasteiger partial charge in [0.05, 0.1) is 17.5 Å². The van der Waals surface area contributed by atoms with Crippen LogP contribution < -0.4 is 5.32 Å². The molecule has 1 aliphatic carbocycles. The molecule has 1 N–H and O–H groups in total. The van der Waals surface area contributed by atoms with Gasteiger partial charge in [0.2, 0.25) is 5.60 Å². The third-order valence-electron chi connectivity index (χ3n) is 7.39. The van der Waals surface area contributed by atoms with E-state index in [-0.39, 0.29) is 23.9 Å². The van der Waals surface area contributed by atoms with Crippen molar-refractivity contribution in [3.63, 3.8) is 0 Å². The Morgan fingerprint density at radius 1 is 1.07 bits per heavy atom. The predicted molar refractivity (Wildman–Crippen MR) is 150 cm³/mol. The maximum absolute atomic E-state index is 14.5. The number of carbonyl (C=O) groups is 2. The molecule has 0 radical (unpaired) electrons. The average molecular weight is 570 g/mol. The van der Waals surface area contributed by atoms with Crippen LogP contribution in [-0.4, -0.2) is 55.8 Å². The van der Waals surface area contributed by atoms with Gasteiger partial charge >= 0.3 is 18.0 Å². The number of aryl methyl sites for hydroxylation is 2. The number of hydrogen-bond donors (Lipinski definition) is 1. The summed E-state index contributed by atoms with van der Waals surface area (Å²) in [6.07, 6.45) is 6.60. The molecule has 1 saturated heterocycles. The molecule has 6 rings (SSSR count). The van der Waals surface area contributed by atoms with Gasteiger partial charge in [0.1, 0.15) is 12.8 Å². The third-order valence-corrected chi connectivity index (χ3v) is 7.39. The minimum atomic E-state index is -1.65. The SMILES string of the molecule is C#C[C@]1(COC(=O)c2ccc(C)cc2)O[C@@H](n2cnc3c(NC4CC4)nc(F)nc32)C[C@@H]1OC(=O)c1ccc(C)cc1. The molecule has 42 heavy (non-hydrogen) atoms. The number of halogens is 1. The Labute approximate surface area is 241 Å². The molecule has 2 aromatic heterocycles.